The lowest BCUT2D eigenvalue weighted by molar-refractivity contribution is -0.118. The molecule has 1 aliphatic heterocycles. The van der Waals surface area contributed by atoms with E-state index in [0.29, 0.717) is 12.8 Å². The second-order valence-electron chi connectivity index (χ2n) is 5.02. The lowest BCUT2D eigenvalue weighted by Crippen LogP contribution is -2.35. The van der Waals surface area contributed by atoms with Gasteiger partial charge >= 0.3 is 0 Å². The molecule has 1 amide bonds. The molecule has 1 aromatic carbocycles. The third-order valence-electron chi connectivity index (χ3n) is 3.61. The van der Waals surface area contributed by atoms with E-state index >= 15 is 0 Å². The summed E-state index contributed by atoms with van der Waals surface area (Å²) in [6.07, 6.45) is 3.92. The molecule has 19 heavy (non-hydrogen) atoms. The van der Waals surface area contributed by atoms with Gasteiger partial charge in [-0.15, -0.1) is 0 Å². The Labute approximate surface area is 114 Å². The van der Waals surface area contributed by atoms with Crippen molar-refractivity contribution >= 4 is 17.4 Å². The molecule has 102 valence electrons. The molecule has 1 aliphatic rings. The first-order valence-electron chi connectivity index (χ1n) is 7.13. The largest absolute Gasteiger partial charge is 0.312 e. The average Bonchev–Trinajstić information content (AvgIpc) is 2.45. The van der Waals surface area contributed by atoms with Gasteiger partial charge in [-0.25, -0.2) is 0 Å². The van der Waals surface area contributed by atoms with E-state index in [1.165, 1.54) is 5.56 Å². The van der Waals surface area contributed by atoms with Gasteiger partial charge in [0, 0.05) is 30.6 Å². The number of carbonyl (C=O) groups is 2. The highest BCUT2D eigenvalue weighted by Crippen LogP contribution is 2.29. The molecule has 0 unspecified atom stereocenters. The Morgan fingerprint density at radius 1 is 1.26 bits per heavy atom. The molecule has 0 saturated heterocycles. The quantitative estimate of drug-likeness (QED) is 0.777. The van der Waals surface area contributed by atoms with Crippen LogP contribution in [-0.4, -0.2) is 18.2 Å². The SMILES string of the molecule is CCCC(=O)c1ccc2c(c1)N(C(=O)CC)CCC2. The second-order valence-corrected chi connectivity index (χ2v) is 5.02. The molecule has 1 heterocycles. The summed E-state index contributed by atoms with van der Waals surface area (Å²) in [5.41, 5.74) is 2.86. The van der Waals surface area contributed by atoms with Crippen molar-refractivity contribution in [3.63, 3.8) is 0 Å². The van der Waals surface area contributed by atoms with Crippen LogP contribution in [0, 0.1) is 0 Å². The maximum Gasteiger partial charge on any atom is 0.226 e. The summed E-state index contributed by atoms with van der Waals surface area (Å²) in [5, 5.41) is 0. The Balaban J connectivity index is 2.35. The van der Waals surface area contributed by atoms with Crippen LogP contribution in [0.5, 0.6) is 0 Å². The number of aryl methyl sites for hydroxylation is 1. The normalized spacial score (nSPS) is 14.1. The van der Waals surface area contributed by atoms with E-state index in [4.69, 9.17) is 0 Å². The lowest BCUT2D eigenvalue weighted by atomic mass is 9.97. The topological polar surface area (TPSA) is 37.4 Å². The van der Waals surface area contributed by atoms with Crippen LogP contribution in [0.4, 0.5) is 5.69 Å². The van der Waals surface area contributed by atoms with Gasteiger partial charge in [-0.3, -0.25) is 9.59 Å². The fourth-order valence-electron chi connectivity index (χ4n) is 2.57. The van der Waals surface area contributed by atoms with Crippen molar-refractivity contribution in [3.05, 3.63) is 29.3 Å². The molecule has 3 heteroatoms. The molecule has 0 saturated carbocycles. The van der Waals surface area contributed by atoms with Crippen LogP contribution >= 0.6 is 0 Å². The number of hydrogen-bond donors (Lipinski definition) is 0. The first-order chi connectivity index (χ1) is 9.17. The molecular weight excluding hydrogens is 238 g/mol. The van der Waals surface area contributed by atoms with Gasteiger partial charge in [-0.1, -0.05) is 26.0 Å². The number of ketones is 1. The Bertz CT molecular complexity index is 494. The minimum Gasteiger partial charge on any atom is -0.312 e. The summed E-state index contributed by atoms with van der Waals surface area (Å²) in [7, 11) is 0. The van der Waals surface area contributed by atoms with Crippen LogP contribution in [0.15, 0.2) is 18.2 Å². The predicted octanol–water partition coefficient (Wildman–Crippen LogP) is 3.36. The van der Waals surface area contributed by atoms with Gasteiger partial charge in [-0.05, 0) is 30.9 Å². The number of benzene rings is 1. The van der Waals surface area contributed by atoms with Crippen LogP contribution in [0.3, 0.4) is 0 Å². The number of carbonyl (C=O) groups excluding carboxylic acids is 2. The van der Waals surface area contributed by atoms with Crippen LogP contribution in [0.25, 0.3) is 0 Å². The summed E-state index contributed by atoms with van der Waals surface area (Å²) in [4.78, 5) is 25.8. The van der Waals surface area contributed by atoms with E-state index in [0.717, 1.165) is 37.1 Å². The van der Waals surface area contributed by atoms with Crippen molar-refractivity contribution in [3.8, 4) is 0 Å². The van der Waals surface area contributed by atoms with Crippen LogP contribution in [0.1, 0.15) is 55.5 Å². The molecule has 0 N–H and O–H groups in total. The molecule has 2 rings (SSSR count). The van der Waals surface area contributed by atoms with Crippen molar-refractivity contribution < 1.29 is 9.59 Å². The van der Waals surface area contributed by atoms with E-state index in [1.54, 1.807) is 0 Å². The number of anilines is 1. The number of rotatable bonds is 4. The molecule has 0 bridgehead atoms. The van der Waals surface area contributed by atoms with Crippen molar-refractivity contribution in [1.82, 2.24) is 0 Å². The summed E-state index contributed by atoms with van der Waals surface area (Å²) in [6.45, 7) is 4.65. The molecule has 0 atom stereocenters. The van der Waals surface area contributed by atoms with Crippen LogP contribution in [-0.2, 0) is 11.2 Å². The molecule has 3 nitrogen and oxygen atoms in total. The summed E-state index contributed by atoms with van der Waals surface area (Å²) < 4.78 is 0. The molecule has 1 aromatic rings. The van der Waals surface area contributed by atoms with Gasteiger partial charge in [0.2, 0.25) is 5.91 Å². The fourth-order valence-corrected chi connectivity index (χ4v) is 2.57. The molecule has 0 fully saturated rings. The molecular formula is C16H21NO2. The van der Waals surface area contributed by atoms with E-state index in [9.17, 15) is 9.59 Å². The predicted molar refractivity (Wildman–Crippen MR) is 76.6 cm³/mol. The van der Waals surface area contributed by atoms with Gasteiger partial charge < -0.3 is 4.90 Å². The number of fused-ring (bicyclic) bond motifs is 1. The van der Waals surface area contributed by atoms with Gasteiger partial charge in [-0.2, -0.15) is 0 Å². The van der Waals surface area contributed by atoms with Crippen molar-refractivity contribution in [1.29, 1.82) is 0 Å². The highest BCUT2D eigenvalue weighted by molar-refractivity contribution is 6.00. The van der Waals surface area contributed by atoms with Gasteiger partial charge in [0.15, 0.2) is 5.78 Å². The zero-order chi connectivity index (χ0) is 13.8. The molecule has 0 aliphatic carbocycles. The van der Waals surface area contributed by atoms with Gasteiger partial charge in [0.05, 0.1) is 0 Å². The number of nitrogens with zero attached hydrogens (tertiary/aromatic N) is 1. The zero-order valence-corrected chi connectivity index (χ0v) is 11.7. The van der Waals surface area contributed by atoms with Crippen LogP contribution in [0.2, 0.25) is 0 Å². The third-order valence-corrected chi connectivity index (χ3v) is 3.61. The Morgan fingerprint density at radius 3 is 2.74 bits per heavy atom. The Kier molecular flexibility index (Phi) is 4.35. The van der Waals surface area contributed by atoms with Gasteiger partial charge in [0.25, 0.3) is 0 Å². The second kappa shape index (κ2) is 6.00. The van der Waals surface area contributed by atoms with E-state index in [1.807, 2.05) is 36.9 Å². The highest BCUT2D eigenvalue weighted by atomic mass is 16.2. The fraction of sp³-hybridized carbons (Fsp3) is 0.500. The first-order valence-corrected chi connectivity index (χ1v) is 7.13. The molecule has 0 spiro atoms. The Hall–Kier alpha value is -1.64. The number of amides is 1. The molecule has 0 aromatic heterocycles. The Morgan fingerprint density at radius 2 is 2.05 bits per heavy atom. The van der Waals surface area contributed by atoms with Gasteiger partial charge in [0.1, 0.15) is 0 Å². The van der Waals surface area contributed by atoms with Crippen molar-refractivity contribution in [2.45, 2.75) is 46.0 Å². The summed E-state index contributed by atoms with van der Waals surface area (Å²) in [6, 6.07) is 5.81. The summed E-state index contributed by atoms with van der Waals surface area (Å²) in [5.74, 6) is 0.306. The smallest absolute Gasteiger partial charge is 0.226 e. The average molecular weight is 259 g/mol. The highest BCUT2D eigenvalue weighted by Gasteiger charge is 2.22. The minimum absolute atomic E-state index is 0.140. The maximum absolute atomic E-state index is 12.0. The minimum atomic E-state index is 0.140. The standard InChI is InChI=1S/C16H21NO2/c1-3-6-15(18)13-9-8-12-7-5-10-17(14(12)11-13)16(19)4-2/h8-9,11H,3-7,10H2,1-2H3. The zero-order valence-electron chi connectivity index (χ0n) is 11.7. The number of Topliss-reactive ketones (excluding diaryl/α,β-unsaturated/α-hetero) is 1. The van der Waals surface area contributed by atoms with Crippen molar-refractivity contribution in [2.24, 2.45) is 0 Å². The monoisotopic (exact) mass is 259 g/mol. The number of hydrogen-bond acceptors (Lipinski definition) is 2. The summed E-state index contributed by atoms with van der Waals surface area (Å²) >= 11 is 0. The van der Waals surface area contributed by atoms with Crippen LogP contribution < -0.4 is 4.90 Å². The van der Waals surface area contributed by atoms with E-state index < -0.39 is 0 Å². The maximum atomic E-state index is 12.0. The third kappa shape index (κ3) is 2.86. The van der Waals surface area contributed by atoms with Crippen molar-refractivity contribution in [2.75, 3.05) is 11.4 Å². The van der Waals surface area contributed by atoms with E-state index in [2.05, 4.69) is 0 Å². The molecule has 0 radical (unpaired) electrons. The lowest BCUT2D eigenvalue weighted by Gasteiger charge is -2.29. The van der Waals surface area contributed by atoms with E-state index in [-0.39, 0.29) is 11.7 Å². The first kappa shape index (κ1) is 13.8.